The first-order chi connectivity index (χ1) is 8.66. The van der Waals surface area contributed by atoms with Crippen molar-refractivity contribution in [1.82, 2.24) is 10.3 Å². The Labute approximate surface area is 113 Å². The van der Waals surface area contributed by atoms with Crippen LogP contribution in [0.25, 0.3) is 0 Å². The summed E-state index contributed by atoms with van der Waals surface area (Å²) in [5.41, 5.74) is 0.988. The van der Waals surface area contributed by atoms with E-state index in [0.717, 1.165) is 36.9 Å². The molecule has 1 fully saturated rings. The maximum atomic E-state index is 5.54. The average Bonchev–Trinajstić information content (AvgIpc) is 3.00. The summed E-state index contributed by atoms with van der Waals surface area (Å²) in [6.07, 6.45) is 1.09. The minimum Gasteiger partial charge on any atom is -0.383 e. The van der Waals surface area contributed by atoms with E-state index in [1.165, 1.54) is 0 Å². The Morgan fingerprint density at radius 1 is 1.67 bits per heavy atom. The number of nitrogens with one attached hydrogen (secondary N) is 1. The minimum atomic E-state index is -0.103. The molecule has 2 rings (SSSR count). The molecule has 0 aliphatic carbocycles. The number of methoxy groups -OCH3 is 1. The van der Waals surface area contributed by atoms with Crippen molar-refractivity contribution >= 4 is 11.3 Å². The van der Waals surface area contributed by atoms with Gasteiger partial charge in [-0.3, -0.25) is 0 Å². The van der Waals surface area contributed by atoms with Crippen LogP contribution in [0.1, 0.15) is 24.0 Å². The predicted octanol–water partition coefficient (Wildman–Crippen LogP) is 1.94. The van der Waals surface area contributed by atoms with Crippen LogP contribution in [0.4, 0.5) is 0 Å². The Kier molecular flexibility index (Phi) is 4.72. The van der Waals surface area contributed by atoms with Gasteiger partial charge in [0.05, 0.1) is 18.8 Å². The molecule has 2 unspecified atom stereocenters. The lowest BCUT2D eigenvalue weighted by Gasteiger charge is -2.34. The van der Waals surface area contributed by atoms with Gasteiger partial charge in [0.1, 0.15) is 5.01 Å². The Morgan fingerprint density at radius 2 is 2.50 bits per heavy atom. The molecule has 1 aliphatic heterocycles. The molecule has 2 heterocycles. The van der Waals surface area contributed by atoms with Crippen molar-refractivity contribution < 1.29 is 9.47 Å². The first kappa shape index (κ1) is 13.9. The van der Waals surface area contributed by atoms with E-state index in [9.17, 15) is 0 Å². The van der Waals surface area contributed by atoms with Crippen molar-refractivity contribution in [1.29, 1.82) is 0 Å². The molecule has 18 heavy (non-hydrogen) atoms. The molecule has 0 amide bonds. The third kappa shape index (κ3) is 2.91. The zero-order chi connectivity index (χ0) is 13.0. The fourth-order valence-electron chi connectivity index (χ4n) is 2.39. The van der Waals surface area contributed by atoms with Gasteiger partial charge in [-0.15, -0.1) is 11.3 Å². The first-order valence-electron chi connectivity index (χ1n) is 6.41. The quantitative estimate of drug-likeness (QED) is 0.802. The molecule has 1 aromatic rings. The Hall–Kier alpha value is -0.490. The summed E-state index contributed by atoms with van der Waals surface area (Å²) in [7, 11) is 1.73. The zero-order valence-electron chi connectivity index (χ0n) is 11.4. The minimum absolute atomic E-state index is 0.103. The van der Waals surface area contributed by atoms with E-state index in [0.29, 0.717) is 12.5 Å². The third-order valence-electron chi connectivity index (χ3n) is 3.61. The molecule has 1 aromatic heterocycles. The Bertz CT molecular complexity index is 377. The van der Waals surface area contributed by atoms with E-state index in [1.807, 2.05) is 6.92 Å². The van der Waals surface area contributed by atoms with Gasteiger partial charge in [0.15, 0.2) is 0 Å². The summed E-state index contributed by atoms with van der Waals surface area (Å²) >= 11 is 1.73. The van der Waals surface area contributed by atoms with Crippen molar-refractivity contribution in [3.05, 3.63) is 16.1 Å². The fourth-order valence-corrected chi connectivity index (χ4v) is 3.40. The van der Waals surface area contributed by atoms with Crippen LogP contribution in [0.2, 0.25) is 0 Å². The van der Waals surface area contributed by atoms with Crippen molar-refractivity contribution in [2.75, 3.05) is 33.5 Å². The van der Waals surface area contributed by atoms with Crippen LogP contribution in [-0.2, 0) is 15.0 Å². The second-order valence-electron chi connectivity index (χ2n) is 4.98. The van der Waals surface area contributed by atoms with E-state index in [1.54, 1.807) is 18.4 Å². The van der Waals surface area contributed by atoms with Gasteiger partial charge in [0.2, 0.25) is 0 Å². The molecule has 4 nitrogen and oxygen atoms in total. The number of hydrogen-bond donors (Lipinski definition) is 1. The highest BCUT2D eigenvalue weighted by atomic mass is 32.1. The van der Waals surface area contributed by atoms with E-state index in [-0.39, 0.29) is 5.54 Å². The number of rotatable bonds is 6. The molecular weight excluding hydrogens is 248 g/mol. The molecule has 1 saturated heterocycles. The highest BCUT2D eigenvalue weighted by Crippen LogP contribution is 2.36. The van der Waals surface area contributed by atoms with Crippen LogP contribution in [0.15, 0.2) is 5.38 Å². The van der Waals surface area contributed by atoms with Crippen molar-refractivity contribution in [3.8, 4) is 0 Å². The number of aryl methyl sites for hydroxylation is 1. The smallest absolute Gasteiger partial charge is 0.113 e. The molecule has 0 spiro atoms. The lowest BCUT2D eigenvalue weighted by Crippen LogP contribution is -2.47. The summed E-state index contributed by atoms with van der Waals surface area (Å²) in [6.45, 7) is 7.50. The lowest BCUT2D eigenvalue weighted by molar-refractivity contribution is 0.138. The first-order valence-corrected chi connectivity index (χ1v) is 7.29. The van der Waals surface area contributed by atoms with Gasteiger partial charge in [-0.1, -0.05) is 0 Å². The molecule has 0 aromatic carbocycles. The number of hydrogen-bond acceptors (Lipinski definition) is 5. The molecule has 1 aliphatic rings. The number of thiazole rings is 1. The van der Waals surface area contributed by atoms with Crippen LogP contribution in [0, 0.1) is 12.8 Å². The standard InChI is InChI=1S/C13H22N2O2S/c1-10-9-18-12(15-10)13(2,14-5-7-16-3)11-4-6-17-8-11/h9,11,14H,4-8H2,1-3H3. The summed E-state index contributed by atoms with van der Waals surface area (Å²) in [6, 6.07) is 0. The average molecular weight is 270 g/mol. The van der Waals surface area contributed by atoms with Gasteiger partial charge < -0.3 is 14.8 Å². The monoisotopic (exact) mass is 270 g/mol. The summed E-state index contributed by atoms with van der Waals surface area (Å²) in [5, 5.41) is 6.88. The maximum Gasteiger partial charge on any atom is 0.113 e. The lowest BCUT2D eigenvalue weighted by atomic mass is 9.85. The largest absolute Gasteiger partial charge is 0.383 e. The molecule has 0 saturated carbocycles. The van der Waals surface area contributed by atoms with Gasteiger partial charge in [-0.2, -0.15) is 0 Å². The fraction of sp³-hybridized carbons (Fsp3) is 0.769. The summed E-state index contributed by atoms with van der Waals surface area (Å²) in [4.78, 5) is 4.67. The van der Waals surface area contributed by atoms with Crippen LogP contribution in [0.3, 0.4) is 0 Å². The molecule has 0 radical (unpaired) electrons. The predicted molar refractivity (Wildman–Crippen MR) is 73.0 cm³/mol. The number of nitrogens with zero attached hydrogens (tertiary/aromatic N) is 1. The molecule has 5 heteroatoms. The molecule has 1 N–H and O–H groups in total. The second-order valence-corrected chi connectivity index (χ2v) is 5.83. The van der Waals surface area contributed by atoms with E-state index in [4.69, 9.17) is 9.47 Å². The summed E-state index contributed by atoms with van der Waals surface area (Å²) in [5.74, 6) is 0.486. The third-order valence-corrected chi connectivity index (χ3v) is 4.81. The molecular formula is C13H22N2O2S. The van der Waals surface area contributed by atoms with E-state index in [2.05, 4.69) is 22.6 Å². The highest BCUT2D eigenvalue weighted by Gasteiger charge is 2.39. The molecule has 0 bridgehead atoms. The van der Waals surface area contributed by atoms with Gasteiger partial charge in [0.25, 0.3) is 0 Å². The van der Waals surface area contributed by atoms with Crippen molar-refractivity contribution in [2.24, 2.45) is 5.92 Å². The number of ether oxygens (including phenoxy) is 2. The van der Waals surface area contributed by atoms with Crippen molar-refractivity contribution in [2.45, 2.75) is 25.8 Å². The van der Waals surface area contributed by atoms with Crippen molar-refractivity contribution in [3.63, 3.8) is 0 Å². The zero-order valence-corrected chi connectivity index (χ0v) is 12.2. The second kappa shape index (κ2) is 6.10. The Balaban J connectivity index is 2.15. The van der Waals surface area contributed by atoms with Crippen LogP contribution in [-0.4, -0.2) is 38.5 Å². The highest BCUT2D eigenvalue weighted by molar-refractivity contribution is 7.09. The summed E-state index contributed by atoms with van der Waals surface area (Å²) < 4.78 is 10.7. The van der Waals surface area contributed by atoms with Crippen LogP contribution < -0.4 is 5.32 Å². The van der Waals surface area contributed by atoms with Gasteiger partial charge in [-0.05, 0) is 20.3 Å². The van der Waals surface area contributed by atoms with E-state index < -0.39 is 0 Å². The van der Waals surface area contributed by atoms with Gasteiger partial charge in [-0.25, -0.2) is 4.98 Å². The SMILES string of the molecule is COCCNC(C)(c1nc(C)cs1)C1CCOC1. The number of aromatic nitrogens is 1. The Morgan fingerprint density at radius 3 is 3.06 bits per heavy atom. The molecule has 102 valence electrons. The maximum absolute atomic E-state index is 5.54. The van der Waals surface area contributed by atoms with E-state index >= 15 is 0 Å². The van der Waals surface area contributed by atoms with Crippen LogP contribution >= 0.6 is 11.3 Å². The van der Waals surface area contributed by atoms with Crippen LogP contribution in [0.5, 0.6) is 0 Å². The van der Waals surface area contributed by atoms with Gasteiger partial charge in [0, 0.05) is 37.3 Å². The topological polar surface area (TPSA) is 43.4 Å². The van der Waals surface area contributed by atoms with Gasteiger partial charge >= 0.3 is 0 Å². The molecule has 2 atom stereocenters. The normalized spacial score (nSPS) is 23.2.